The number of fused-ring (bicyclic) bond motifs is 1. The SMILES string of the molecule is CC(c1cc(Br)ccc1O)N1CCCc2ccccc21. The molecule has 1 aliphatic heterocycles. The molecule has 1 unspecified atom stereocenters. The molecule has 20 heavy (non-hydrogen) atoms. The zero-order chi connectivity index (χ0) is 14.1. The van der Waals surface area contributed by atoms with E-state index >= 15 is 0 Å². The third kappa shape index (κ3) is 2.42. The van der Waals surface area contributed by atoms with Gasteiger partial charge >= 0.3 is 0 Å². The number of phenolic OH excluding ortho intramolecular Hbond substituents is 1. The van der Waals surface area contributed by atoms with Crippen molar-refractivity contribution >= 4 is 21.6 Å². The van der Waals surface area contributed by atoms with E-state index in [0.717, 1.165) is 29.4 Å². The Bertz CT molecular complexity index is 626. The number of aryl methyl sites for hydroxylation is 1. The number of aromatic hydroxyl groups is 1. The van der Waals surface area contributed by atoms with Gasteiger partial charge in [0.25, 0.3) is 0 Å². The fraction of sp³-hybridized carbons (Fsp3) is 0.294. The molecule has 0 fully saturated rings. The lowest BCUT2D eigenvalue weighted by Gasteiger charge is -2.36. The van der Waals surface area contributed by atoms with Gasteiger partial charge in [0, 0.05) is 22.3 Å². The van der Waals surface area contributed by atoms with Crippen molar-refractivity contribution in [1.29, 1.82) is 0 Å². The van der Waals surface area contributed by atoms with Crippen molar-refractivity contribution < 1.29 is 5.11 Å². The quantitative estimate of drug-likeness (QED) is 0.864. The van der Waals surface area contributed by atoms with E-state index in [-0.39, 0.29) is 6.04 Å². The summed E-state index contributed by atoms with van der Waals surface area (Å²) >= 11 is 3.49. The van der Waals surface area contributed by atoms with E-state index < -0.39 is 0 Å². The molecule has 2 aromatic rings. The van der Waals surface area contributed by atoms with Crippen LogP contribution in [0, 0.1) is 0 Å². The number of phenols is 1. The number of halogens is 1. The molecular formula is C17H18BrNO. The van der Waals surface area contributed by atoms with E-state index in [1.54, 1.807) is 6.07 Å². The minimum atomic E-state index is 0.161. The van der Waals surface area contributed by atoms with Crippen LogP contribution in [0.25, 0.3) is 0 Å². The Morgan fingerprint density at radius 1 is 1.20 bits per heavy atom. The van der Waals surface area contributed by atoms with E-state index in [9.17, 15) is 5.11 Å². The van der Waals surface area contributed by atoms with Gasteiger partial charge in [0.05, 0.1) is 6.04 Å². The van der Waals surface area contributed by atoms with Crippen molar-refractivity contribution in [2.45, 2.75) is 25.8 Å². The molecular weight excluding hydrogens is 314 g/mol. The standard InChI is InChI=1S/C17H18BrNO/c1-12(15-11-14(18)8-9-17(15)20)19-10-4-6-13-5-2-3-7-16(13)19/h2-3,5,7-9,11-12,20H,4,6,10H2,1H3. The van der Waals surface area contributed by atoms with Crippen LogP contribution in [0.2, 0.25) is 0 Å². The van der Waals surface area contributed by atoms with Crippen molar-refractivity contribution in [3.05, 3.63) is 58.1 Å². The predicted molar refractivity (Wildman–Crippen MR) is 86.3 cm³/mol. The Morgan fingerprint density at radius 2 is 2.00 bits per heavy atom. The zero-order valence-corrected chi connectivity index (χ0v) is 13.1. The summed E-state index contributed by atoms with van der Waals surface area (Å²) in [6.07, 6.45) is 2.31. The molecule has 0 amide bonds. The Balaban J connectivity index is 1.99. The number of hydrogen-bond acceptors (Lipinski definition) is 2. The van der Waals surface area contributed by atoms with Gasteiger partial charge in [-0.2, -0.15) is 0 Å². The fourth-order valence-corrected chi connectivity index (χ4v) is 3.37. The molecule has 3 heteroatoms. The van der Waals surface area contributed by atoms with E-state index in [4.69, 9.17) is 0 Å². The molecule has 0 spiro atoms. The second kappa shape index (κ2) is 5.49. The number of benzene rings is 2. The van der Waals surface area contributed by atoms with Gasteiger partial charge in [-0.25, -0.2) is 0 Å². The summed E-state index contributed by atoms with van der Waals surface area (Å²) in [6, 6.07) is 14.4. The summed E-state index contributed by atoms with van der Waals surface area (Å²) in [5.74, 6) is 0.365. The van der Waals surface area contributed by atoms with Crippen molar-refractivity contribution in [1.82, 2.24) is 0 Å². The average molecular weight is 332 g/mol. The highest BCUT2D eigenvalue weighted by Gasteiger charge is 2.23. The van der Waals surface area contributed by atoms with Crippen LogP contribution in [-0.4, -0.2) is 11.7 Å². The molecule has 0 bridgehead atoms. The lowest BCUT2D eigenvalue weighted by Crippen LogP contribution is -2.32. The number of hydrogen-bond donors (Lipinski definition) is 1. The van der Waals surface area contributed by atoms with Crippen LogP contribution in [0.4, 0.5) is 5.69 Å². The number of rotatable bonds is 2. The smallest absolute Gasteiger partial charge is 0.120 e. The van der Waals surface area contributed by atoms with Crippen LogP contribution < -0.4 is 4.90 Å². The van der Waals surface area contributed by atoms with Crippen LogP contribution >= 0.6 is 15.9 Å². The van der Waals surface area contributed by atoms with Gasteiger partial charge in [-0.3, -0.25) is 0 Å². The zero-order valence-electron chi connectivity index (χ0n) is 11.5. The Hall–Kier alpha value is -1.48. The summed E-state index contributed by atoms with van der Waals surface area (Å²) in [4.78, 5) is 2.39. The third-order valence-electron chi connectivity index (χ3n) is 4.05. The molecule has 104 valence electrons. The first-order chi connectivity index (χ1) is 9.66. The normalized spacial score (nSPS) is 15.8. The van der Waals surface area contributed by atoms with E-state index in [2.05, 4.69) is 52.0 Å². The second-order valence-electron chi connectivity index (χ2n) is 5.30. The minimum absolute atomic E-state index is 0.161. The fourth-order valence-electron chi connectivity index (χ4n) is 2.99. The van der Waals surface area contributed by atoms with Crippen molar-refractivity contribution in [2.75, 3.05) is 11.4 Å². The Morgan fingerprint density at radius 3 is 2.85 bits per heavy atom. The van der Waals surface area contributed by atoms with Crippen molar-refractivity contribution in [2.24, 2.45) is 0 Å². The van der Waals surface area contributed by atoms with Gasteiger partial charge in [-0.1, -0.05) is 34.1 Å². The summed E-state index contributed by atoms with van der Waals surface area (Å²) < 4.78 is 1.00. The van der Waals surface area contributed by atoms with Gasteiger partial charge in [0.1, 0.15) is 5.75 Å². The maximum atomic E-state index is 10.1. The molecule has 2 aromatic carbocycles. The highest BCUT2D eigenvalue weighted by Crippen LogP contribution is 2.37. The molecule has 0 saturated carbocycles. The highest BCUT2D eigenvalue weighted by atomic mass is 79.9. The van der Waals surface area contributed by atoms with E-state index in [1.165, 1.54) is 11.3 Å². The maximum absolute atomic E-state index is 10.1. The highest BCUT2D eigenvalue weighted by molar-refractivity contribution is 9.10. The topological polar surface area (TPSA) is 23.5 Å². The predicted octanol–water partition coefficient (Wildman–Crippen LogP) is 4.67. The molecule has 0 aliphatic carbocycles. The Labute approximate surface area is 128 Å². The van der Waals surface area contributed by atoms with Gasteiger partial charge < -0.3 is 10.0 Å². The monoisotopic (exact) mass is 331 g/mol. The summed E-state index contributed by atoms with van der Waals surface area (Å²) in [6.45, 7) is 3.19. The molecule has 0 saturated heterocycles. The van der Waals surface area contributed by atoms with Crippen molar-refractivity contribution in [3.63, 3.8) is 0 Å². The van der Waals surface area contributed by atoms with Gasteiger partial charge in [-0.05, 0) is 49.6 Å². The summed E-state index contributed by atoms with van der Waals surface area (Å²) in [5.41, 5.74) is 3.67. The lowest BCUT2D eigenvalue weighted by molar-refractivity contribution is 0.459. The van der Waals surface area contributed by atoms with Gasteiger partial charge in [-0.15, -0.1) is 0 Å². The molecule has 3 rings (SSSR count). The third-order valence-corrected chi connectivity index (χ3v) is 4.55. The second-order valence-corrected chi connectivity index (χ2v) is 6.22. The molecule has 0 radical (unpaired) electrons. The van der Waals surface area contributed by atoms with Gasteiger partial charge in [0.2, 0.25) is 0 Å². The van der Waals surface area contributed by atoms with Crippen LogP contribution in [0.3, 0.4) is 0 Å². The van der Waals surface area contributed by atoms with Gasteiger partial charge in [0.15, 0.2) is 0 Å². The molecule has 1 aliphatic rings. The maximum Gasteiger partial charge on any atom is 0.120 e. The average Bonchev–Trinajstić information content (AvgIpc) is 2.48. The number of para-hydroxylation sites is 1. The number of nitrogens with zero attached hydrogens (tertiary/aromatic N) is 1. The lowest BCUT2D eigenvalue weighted by atomic mass is 9.97. The molecule has 1 N–H and O–H groups in total. The van der Waals surface area contributed by atoms with Crippen LogP contribution in [-0.2, 0) is 6.42 Å². The Kier molecular flexibility index (Phi) is 3.70. The van der Waals surface area contributed by atoms with Crippen molar-refractivity contribution in [3.8, 4) is 5.75 Å². The molecule has 0 aromatic heterocycles. The first-order valence-corrected chi connectivity index (χ1v) is 7.79. The minimum Gasteiger partial charge on any atom is -0.508 e. The molecule has 2 nitrogen and oxygen atoms in total. The van der Waals surface area contributed by atoms with Crippen LogP contribution in [0.5, 0.6) is 5.75 Å². The van der Waals surface area contributed by atoms with Crippen LogP contribution in [0.15, 0.2) is 46.9 Å². The van der Waals surface area contributed by atoms with E-state index in [1.807, 2.05) is 12.1 Å². The first kappa shape index (κ1) is 13.5. The summed E-state index contributed by atoms with van der Waals surface area (Å²) in [7, 11) is 0. The van der Waals surface area contributed by atoms with Crippen LogP contribution in [0.1, 0.15) is 30.5 Å². The van der Waals surface area contributed by atoms with E-state index in [0.29, 0.717) is 5.75 Å². The largest absolute Gasteiger partial charge is 0.508 e. The molecule has 1 heterocycles. The first-order valence-electron chi connectivity index (χ1n) is 7.00. The molecule has 1 atom stereocenters. The number of anilines is 1. The summed E-state index contributed by atoms with van der Waals surface area (Å²) in [5, 5.41) is 10.1.